The first-order valence-electron chi connectivity index (χ1n) is 7.05. The molecule has 0 spiro atoms. The molecule has 2 rings (SSSR count). The molecule has 0 aromatic heterocycles. The molecular formula is C16H23NO2S. The van der Waals surface area contributed by atoms with Crippen LogP contribution < -0.4 is 5.32 Å². The minimum atomic E-state index is -0.427. The zero-order valence-corrected chi connectivity index (χ0v) is 13.4. The molecular weight excluding hydrogens is 270 g/mol. The number of benzene rings is 1. The lowest BCUT2D eigenvalue weighted by Crippen LogP contribution is -2.47. The van der Waals surface area contributed by atoms with Gasteiger partial charge in [0.2, 0.25) is 0 Å². The highest BCUT2D eigenvalue weighted by Gasteiger charge is 2.32. The maximum Gasteiger partial charge on any atom is 0.407 e. The summed E-state index contributed by atoms with van der Waals surface area (Å²) in [5.41, 5.74) is 0.863. The molecule has 20 heavy (non-hydrogen) atoms. The number of amides is 1. The van der Waals surface area contributed by atoms with Crippen LogP contribution in [0.4, 0.5) is 4.79 Å². The molecule has 0 saturated heterocycles. The summed E-state index contributed by atoms with van der Waals surface area (Å²) in [6.07, 6.45) is 1.72. The van der Waals surface area contributed by atoms with Crippen molar-refractivity contribution in [2.45, 2.75) is 62.3 Å². The smallest absolute Gasteiger partial charge is 0.407 e. The van der Waals surface area contributed by atoms with Gasteiger partial charge in [0.25, 0.3) is 0 Å². The van der Waals surface area contributed by atoms with E-state index in [-0.39, 0.29) is 12.1 Å². The lowest BCUT2D eigenvalue weighted by Gasteiger charge is -2.35. The third-order valence-electron chi connectivity index (χ3n) is 3.11. The van der Waals surface area contributed by atoms with E-state index < -0.39 is 5.60 Å². The molecule has 0 unspecified atom stereocenters. The highest BCUT2D eigenvalue weighted by molar-refractivity contribution is 8.00. The third kappa shape index (κ3) is 4.75. The fourth-order valence-electron chi connectivity index (χ4n) is 2.14. The van der Waals surface area contributed by atoms with Gasteiger partial charge in [0, 0.05) is 16.2 Å². The van der Waals surface area contributed by atoms with E-state index in [2.05, 4.69) is 36.5 Å². The second-order valence-corrected chi connectivity index (χ2v) is 7.74. The number of carbonyl (C=O) groups excluding carboxylic acids is 1. The second-order valence-electron chi connectivity index (χ2n) is 6.37. The number of hydrogen-bond acceptors (Lipinski definition) is 3. The zero-order chi connectivity index (χ0) is 14.8. The van der Waals surface area contributed by atoms with Gasteiger partial charge in [-0.25, -0.2) is 4.79 Å². The molecule has 1 aromatic rings. The van der Waals surface area contributed by atoms with Crippen molar-refractivity contribution in [1.29, 1.82) is 0 Å². The van der Waals surface area contributed by atoms with Crippen LogP contribution in [0.1, 0.15) is 39.2 Å². The van der Waals surface area contributed by atoms with Crippen molar-refractivity contribution < 1.29 is 9.53 Å². The SMILES string of the molecule is Cc1cccc(S[C@H]2C[C@H](NC(=O)OC(C)(C)C)C2)c1. The molecule has 110 valence electrons. The van der Waals surface area contributed by atoms with Crippen molar-refractivity contribution >= 4 is 17.9 Å². The number of hydrogen-bond donors (Lipinski definition) is 1. The maximum atomic E-state index is 11.6. The van der Waals surface area contributed by atoms with Crippen molar-refractivity contribution in [3.8, 4) is 0 Å². The van der Waals surface area contributed by atoms with Gasteiger partial charge < -0.3 is 10.1 Å². The van der Waals surface area contributed by atoms with E-state index >= 15 is 0 Å². The van der Waals surface area contributed by atoms with E-state index in [1.54, 1.807) is 0 Å². The fraction of sp³-hybridized carbons (Fsp3) is 0.562. The third-order valence-corrected chi connectivity index (χ3v) is 4.35. The van der Waals surface area contributed by atoms with Gasteiger partial charge >= 0.3 is 6.09 Å². The van der Waals surface area contributed by atoms with E-state index in [1.165, 1.54) is 10.5 Å². The molecule has 0 aliphatic heterocycles. The first-order chi connectivity index (χ1) is 9.32. The molecule has 1 fully saturated rings. The van der Waals surface area contributed by atoms with Gasteiger partial charge in [0.15, 0.2) is 0 Å². The summed E-state index contributed by atoms with van der Waals surface area (Å²) >= 11 is 1.90. The Labute approximate surface area is 125 Å². The largest absolute Gasteiger partial charge is 0.444 e. The highest BCUT2D eigenvalue weighted by atomic mass is 32.2. The molecule has 0 radical (unpaired) electrons. The Morgan fingerprint density at radius 2 is 2.05 bits per heavy atom. The van der Waals surface area contributed by atoms with Crippen LogP contribution in [0.15, 0.2) is 29.2 Å². The Hall–Kier alpha value is -1.16. The second kappa shape index (κ2) is 6.08. The van der Waals surface area contributed by atoms with Crippen LogP contribution in [-0.2, 0) is 4.74 Å². The molecule has 3 nitrogen and oxygen atoms in total. The fourth-order valence-corrected chi connectivity index (χ4v) is 3.59. The van der Waals surface area contributed by atoms with Crippen molar-refractivity contribution in [2.24, 2.45) is 0 Å². The summed E-state index contributed by atoms with van der Waals surface area (Å²) in [5.74, 6) is 0. The van der Waals surface area contributed by atoms with Crippen molar-refractivity contribution in [1.82, 2.24) is 5.32 Å². The van der Waals surface area contributed by atoms with Gasteiger partial charge in [0.05, 0.1) is 0 Å². The van der Waals surface area contributed by atoms with Gasteiger partial charge in [-0.05, 0) is 52.7 Å². The predicted molar refractivity (Wildman–Crippen MR) is 83.2 cm³/mol. The summed E-state index contributed by atoms with van der Waals surface area (Å²) in [6, 6.07) is 8.81. The van der Waals surface area contributed by atoms with E-state index in [1.807, 2.05) is 32.5 Å². The average Bonchev–Trinajstić information content (AvgIpc) is 2.23. The lowest BCUT2D eigenvalue weighted by molar-refractivity contribution is 0.0482. The molecule has 1 N–H and O–H groups in total. The molecule has 0 bridgehead atoms. The van der Waals surface area contributed by atoms with Crippen LogP contribution in [0.5, 0.6) is 0 Å². The van der Waals surface area contributed by atoms with Crippen molar-refractivity contribution in [3.63, 3.8) is 0 Å². The Bertz CT molecular complexity index is 476. The number of nitrogens with one attached hydrogen (secondary N) is 1. The van der Waals surface area contributed by atoms with Gasteiger partial charge in [0.1, 0.15) is 5.60 Å². The van der Waals surface area contributed by atoms with Crippen LogP contribution in [0.25, 0.3) is 0 Å². The molecule has 1 aliphatic rings. The van der Waals surface area contributed by atoms with Crippen LogP contribution in [0.3, 0.4) is 0 Å². The monoisotopic (exact) mass is 293 g/mol. The Kier molecular flexibility index (Phi) is 4.63. The van der Waals surface area contributed by atoms with Crippen molar-refractivity contribution in [3.05, 3.63) is 29.8 Å². The number of aryl methyl sites for hydroxylation is 1. The first kappa shape index (κ1) is 15.2. The lowest BCUT2D eigenvalue weighted by atomic mass is 9.92. The normalized spacial score (nSPS) is 22.0. The molecule has 0 heterocycles. The molecule has 1 amide bonds. The highest BCUT2D eigenvalue weighted by Crippen LogP contribution is 2.37. The molecule has 1 saturated carbocycles. The molecule has 4 heteroatoms. The van der Waals surface area contributed by atoms with Gasteiger partial charge in [-0.2, -0.15) is 0 Å². The molecule has 1 aromatic carbocycles. The van der Waals surface area contributed by atoms with Gasteiger partial charge in [-0.3, -0.25) is 0 Å². The van der Waals surface area contributed by atoms with Crippen LogP contribution in [0.2, 0.25) is 0 Å². The van der Waals surface area contributed by atoms with E-state index in [9.17, 15) is 4.79 Å². The minimum absolute atomic E-state index is 0.257. The zero-order valence-electron chi connectivity index (χ0n) is 12.6. The van der Waals surface area contributed by atoms with E-state index in [4.69, 9.17) is 4.74 Å². The number of thioether (sulfide) groups is 1. The van der Waals surface area contributed by atoms with E-state index in [0.29, 0.717) is 5.25 Å². The van der Waals surface area contributed by atoms with Crippen LogP contribution in [-0.4, -0.2) is 23.0 Å². The number of rotatable bonds is 3. The summed E-state index contributed by atoms with van der Waals surface area (Å²) in [6.45, 7) is 7.74. The van der Waals surface area contributed by atoms with Gasteiger partial charge in [-0.1, -0.05) is 17.7 Å². The Morgan fingerprint density at radius 3 is 2.65 bits per heavy atom. The van der Waals surface area contributed by atoms with Crippen LogP contribution >= 0.6 is 11.8 Å². The summed E-state index contributed by atoms with van der Waals surface area (Å²) in [4.78, 5) is 12.9. The topological polar surface area (TPSA) is 38.3 Å². The molecule has 1 aliphatic carbocycles. The van der Waals surface area contributed by atoms with Gasteiger partial charge in [-0.15, -0.1) is 11.8 Å². The number of alkyl carbamates (subject to hydrolysis) is 1. The predicted octanol–water partition coefficient (Wildman–Crippen LogP) is 4.14. The minimum Gasteiger partial charge on any atom is -0.444 e. The van der Waals surface area contributed by atoms with E-state index in [0.717, 1.165) is 12.8 Å². The average molecular weight is 293 g/mol. The van der Waals surface area contributed by atoms with Crippen molar-refractivity contribution in [2.75, 3.05) is 0 Å². The summed E-state index contributed by atoms with van der Waals surface area (Å²) in [5, 5.41) is 3.52. The Morgan fingerprint density at radius 1 is 1.35 bits per heavy atom. The number of carbonyl (C=O) groups is 1. The van der Waals surface area contributed by atoms with Crippen LogP contribution in [0, 0.1) is 6.92 Å². The standard InChI is InChI=1S/C16H23NO2S/c1-11-6-5-7-13(8-11)20-14-9-12(10-14)17-15(18)19-16(2,3)4/h5-8,12,14H,9-10H2,1-4H3,(H,17,18)/t12-,14-. The summed E-state index contributed by atoms with van der Waals surface area (Å²) in [7, 11) is 0. The maximum absolute atomic E-state index is 11.6. The summed E-state index contributed by atoms with van der Waals surface area (Å²) < 4.78 is 5.26. The molecule has 0 atom stereocenters. The number of ether oxygens (including phenoxy) is 1. The Balaban J connectivity index is 1.71. The first-order valence-corrected chi connectivity index (χ1v) is 7.92. The quantitative estimate of drug-likeness (QED) is 0.910.